The third-order valence-corrected chi connectivity index (χ3v) is 4.24. The van der Waals surface area contributed by atoms with Crippen molar-refractivity contribution in [3.05, 3.63) is 46.6 Å². The molecular weight excluding hydrogens is 329 g/mol. The predicted molar refractivity (Wildman–Crippen MR) is 89.1 cm³/mol. The van der Waals surface area contributed by atoms with Gasteiger partial charge >= 0.3 is 0 Å². The number of rotatable bonds is 5. The van der Waals surface area contributed by atoms with Gasteiger partial charge in [-0.15, -0.1) is 11.8 Å². The van der Waals surface area contributed by atoms with E-state index in [4.69, 9.17) is 28.9 Å². The number of halogens is 2. The van der Waals surface area contributed by atoms with E-state index in [0.29, 0.717) is 38.6 Å². The topological polar surface area (TPSA) is 68.0 Å². The highest BCUT2D eigenvalue weighted by molar-refractivity contribution is 7.99. The molecule has 21 heavy (non-hydrogen) atoms. The largest absolute Gasteiger partial charge is 0.397 e. The molecule has 0 fully saturated rings. The van der Waals surface area contributed by atoms with Gasteiger partial charge in [0.15, 0.2) is 0 Å². The molecule has 0 aliphatic rings. The fourth-order valence-electron chi connectivity index (χ4n) is 1.57. The summed E-state index contributed by atoms with van der Waals surface area (Å²) in [6, 6.07) is 8.48. The second-order valence-electron chi connectivity index (χ2n) is 4.17. The van der Waals surface area contributed by atoms with Crippen LogP contribution in [0.25, 0.3) is 0 Å². The number of amides is 1. The average molecular weight is 342 g/mol. The van der Waals surface area contributed by atoms with Crippen molar-refractivity contribution in [3.8, 4) is 0 Å². The standard InChI is InChI=1S/C14H13Cl2N3OS/c15-9-3-4-11(17)12(8-9)19-13(20)5-7-21-14-10(16)2-1-6-18-14/h1-4,6,8H,5,7,17H2,(H,19,20). The first kappa shape index (κ1) is 15.9. The zero-order chi connectivity index (χ0) is 15.2. The number of nitrogen functional groups attached to an aromatic ring is 1. The number of nitrogens with two attached hydrogens (primary N) is 1. The van der Waals surface area contributed by atoms with Crippen LogP contribution in [0.3, 0.4) is 0 Å². The van der Waals surface area contributed by atoms with Crippen LogP contribution in [0, 0.1) is 0 Å². The van der Waals surface area contributed by atoms with Crippen molar-refractivity contribution in [2.45, 2.75) is 11.4 Å². The number of carbonyl (C=O) groups excluding carboxylic acids is 1. The summed E-state index contributed by atoms with van der Waals surface area (Å²) in [5.74, 6) is 0.437. The number of nitrogens with zero attached hydrogens (tertiary/aromatic N) is 1. The van der Waals surface area contributed by atoms with Gasteiger partial charge in [-0.2, -0.15) is 0 Å². The van der Waals surface area contributed by atoms with Crippen LogP contribution < -0.4 is 11.1 Å². The van der Waals surface area contributed by atoms with Crippen molar-refractivity contribution >= 4 is 52.2 Å². The summed E-state index contributed by atoms with van der Waals surface area (Å²) in [7, 11) is 0. The van der Waals surface area contributed by atoms with E-state index in [1.807, 2.05) is 0 Å². The molecule has 1 aromatic carbocycles. The van der Waals surface area contributed by atoms with Crippen molar-refractivity contribution in [2.75, 3.05) is 16.8 Å². The number of hydrogen-bond acceptors (Lipinski definition) is 4. The highest BCUT2D eigenvalue weighted by Crippen LogP contribution is 2.25. The van der Waals surface area contributed by atoms with Crippen LogP contribution in [0.1, 0.15) is 6.42 Å². The van der Waals surface area contributed by atoms with Gasteiger partial charge in [0.25, 0.3) is 0 Å². The second-order valence-corrected chi connectivity index (χ2v) is 6.10. The van der Waals surface area contributed by atoms with Gasteiger partial charge in [0.1, 0.15) is 5.03 Å². The molecule has 0 bridgehead atoms. The summed E-state index contributed by atoms with van der Waals surface area (Å²) in [5.41, 5.74) is 6.77. The van der Waals surface area contributed by atoms with Gasteiger partial charge in [-0.05, 0) is 30.3 Å². The molecular formula is C14H13Cl2N3OS. The van der Waals surface area contributed by atoms with Crippen LogP contribution in [0.15, 0.2) is 41.6 Å². The van der Waals surface area contributed by atoms with E-state index >= 15 is 0 Å². The monoisotopic (exact) mass is 341 g/mol. The number of hydrogen-bond donors (Lipinski definition) is 2. The lowest BCUT2D eigenvalue weighted by molar-refractivity contribution is -0.115. The van der Waals surface area contributed by atoms with E-state index in [2.05, 4.69) is 10.3 Å². The molecule has 0 saturated carbocycles. The van der Waals surface area contributed by atoms with Crippen molar-refractivity contribution in [3.63, 3.8) is 0 Å². The van der Waals surface area contributed by atoms with Gasteiger partial charge in [-0.1, -0.05) is 23.2 Å². The summed E-state index contributed by atoms with van der Waals surface area (Å²) in [6.45, 7) is 0. The van der Waals surface area contributed by atoms with Gasteiger partial charge in [-0.25, -0.2) is 4.98 Å². The maximum atomic E-state index is 11.9. The molecule has 1 amide bonds. The molecule has 2 rings (SSSR count). The Morgan fingerprint density at radius 2 is 2.14 bits per heavy atom. The highest BCUT2D eigenvalue weighted by Gasteiger charge is 2.08. The molecule has 7 heteroatoms. The van der Waals surface area contributed by atoms with E-state index < -0.39 is 0 Å². The molecule has 0 aliphatic carbocycles. The zero-order valence-corrected chi connectivity index (χ0v) is 13.3. The van der Waals surface area contributed by atoms with Crippen LogP contribution in [0.4, 0.5) is 11.4 Å². The third kappa shape index (κ3) is 4.81. The Bertz CT molecular complexity index is 652. The van der Waals surface area contributed by atoms with E-state index in [-0.39, 0.29) is 5.91 Å². The Labute approximate surface area is 137 Å². The quantitative estimate of drug-likeness (QED) is 0.634. The predicted octanol–water partition coefficient (Wildman–Crippen LogP) is 4.09. The smallest absolute Gasteiger partial charge is 0.225 e. The first-order valence-electron chi connectivity index (χ1n) is 6.14. The number of benzene rings is 1. The number of carbonyl (C=O) groups is 1. The summed E-state index contributed by atoms with van der Waals surface area (Å²) >= 11 is 13.3. The van der Waals surface area contributed by atoms with Gasteiger partial charge in [0.05, 0.1) is 16.4 Å². The molecule has 2 aromatic rings. The van der Waals surface area contributed by atoms with Gasteiger partial charge in [-0.3, -0.25) is 4.79 Å². The molecule has 1 aromatic heterocycles. The van der Waals surface area contributed by atoms with Crippen LogP contribution in [-0.2, 0) is 4.79 Å². The minimum absolute atomic E-state index is 0.136. The number of thioether (sulfide) groups is 1. The Kier molecular flexibility index (Phi) is 5.73. The van der Waals surface area contributed by atoms with Crippen molar-refractivity contribution < 1.29 is 4.79 Å². The molecule has 0 spiro atoms. The fraction of sp³-hybridized carbons (Fsp3) is 0.143. The summed E-state index contributed by atoms with van der Waals surface area (Å²) in [5, 5.41) is 4.56. The number of aromatic nitrogens is 1. The molecule has 0 atom stereocenters. The van der Waals surface area contributed by atoms with Crippen molar-refractivity contribution in [2.24, 2.45) is 0 Å². The highest BCUT2D eigenvalue weighted by atomic mass is 35.5. The number of nitrogens with one attached hydrogen (secondary N) is 1. The Balaban J connectivity index is 1.85. The number of pyridine rings is 1. The lowest BCUT2D eigenvalue weighted by Gasteiger charge is -2.08. The van der Waals surface area contributed by atoms with E-state index in [1.165, 1.54) is 11.8 Å². The van der Waals surface area contributed by atoms with Crippen molar-refractivity contribution in [1.29, 1.82) is 0 Å². The number of anilines is 2. The second kappa shape index (κ2) is 7.54. The van der Waals surface area contributed by atoms with E-state index in [1.54, 1.807) is 36.5 Å². The molecule has 4 nitrogen and oxygen atoms in total. The third-order valence-electron chi connectivity index (χ3n) is 2.58. The maximum Gasteiger partial charge on any atom is 0.225 e. The average Bonchev–Trinajstić information content (AvgIpc) is 2.45. The maximum absolute atomic E-state index is 11.9. The minimum atomic E-state index is -0.136. The zero-order valence-electron chi connectivity index (χ0n) is 11.0. The Morgan fingerprint density at radius 1 is 1.33 bits per heavy atom. The first-order valence-corrected chi connectivity index (χ1v) is 7.88. The van der Waals surface area contributed by atoms with E-state index in [9.17, 15) is 4.79 Å². The SMILES string of the molecule is Nc1ccc(Cl)cc1NC(=O)CCSc1ncccc1Cl. The Morgan fingerprint density at radius 3 is 2.90 bits per heavy atom. The lowest BCUT2D eigenvalue weighted by atomic mass is 10.2. The van der Waals surface area contributed by atoms with Crippen LogP contribution in [0.5, 0.6) is 0 Å². The molecule has 0 radical (unpaired) electrons. The minimum Gasteiger partial charge on any atom is -0.397 e. The van der Waals surface area contributed by atoms with E-state index in [0.717, 1.165) is 0 Å². The summed E-state index contributed by atoms with van der Waals surface area (Å²) < 4.78 is 0. The van der Waals surface area contributed by atoms with Gasteiger partial charge in [0.2, 0.25) is 5.91 Å². The summed E-state index contributed by atoms with van der Waals surface area (Å²) in [4.78, 5) is 16.0. The van der Waals surface area contributed by atoms with Gasteiger partial charge in [0, 0.05) is 23.4 Å². The molecule has 0 unspecified atom stereocenters. The molecule has 0 aliphatic heterocycles. The van der Waals surface area contributed by atoms with Gasteiger partial charge < -0.3 is 11.1 Å². The van der Waals surface area contributed by atoms with Crippen molar-refractivity contribution in [1.82, 2.24) is 4.98 Å². The van der Waals surface area contributed by atoms with Crippen LogP contribution >= 0.6 is 35.0 Å². The summed E-state index contributed by atoms with van der Waals surface area (Å²) in [6.07, 6.45) is 1.99. The molecule has 1 heterocycles. The first-order chi connectivity index (χ1) is 10.1. The Hall–Kier alpha value is -1.43. The molecule has 3 N–H and O–H groups in total. The fourth-order valence-corrected chi connectivity index (χ4v) is 2.85. The normalized spacial score (nSPS) is 10.4. The molecule has 0 saturated heterocycles. The lowest BCUT2D eigenvalue weighted by Crippen LogP contribution is -2.13. The van der Waals surface area contributed by atoms with Crippen LogP contribution in [0.2, 0.25) is 10.0 Å². The van der Waals surface area contributed by atoms with Crippen LogP contribution in [-0.4, -0.2) is 16.6 Å². The molecule has 110 valence electrons.